The van der Waals surface area contributed by atoms with Gasteiger partial charge in [0.2, 0.25) is 11.8 Å². The Morgan fingerprint density at radius 3 is 2.82 bits per heavy atom. The number of hydrogen-bond donors (Lipinski definition) is 1. The third kappa shape index (κ3) is 2.79. The fourth-order valence-electron chi connectivity index (χ4n) is 4.40. The van der Waals surface area contributed by atoms with E-state index in [-0.39, 0.29) is 29.4 Å². The van der Waals surface area contributed by atoms with Crippen LogP contribution in [0.15, 0.2) is 34.7 Å². The second-order valence-electron chi connectivity index (χ2n) is 8.23. The van der Waals surface area contributed by atoms with Crippen LogP contribution in [0.25, 0.3) is 0 Å². The Labute approximate surface area is 163 Å². The van der Waals surface area contributed by atoms with Crippen LogP contribution in [0.5, 0.6) is 0 Å². The molecule has 28 heavy (non-hydrogen) atoms. The van der Waals surface area contributed by atoms with Crippen LogP contribution in [0.1, 0.15) is 55.5 Å². The predicted octanol–water partition coefficient (Wildman–Crippen LogP) is 2.59. The zero-order chi connectivity index (χ0) is 19.3. The molecule has 148 valence electrons. The van der Waals surface area contributed by atoms with Crippen molar-refractivity contribution in [2.24, 2.45) is 11.1 Å². The monoisotopic (exact) mass is 383 g/mol. The molecule has 1 aliphatic carbocycles. The number of rotatable bonds is 6. The Bertz CT molecular complexity index is 866. The Morgan fingerprint density at radius 2 is 2.11 bits per heavy atom. The van der Waals surface area contributed by atoms with Gasteiger partial charge in [-0.3, -0.25) is 4.84 Å². The first kappa shape index (κ1) is 17.6. The summed E-state index contributed by atoms with van der Waals surface area (Å²) in [5.41, 5.74) is 6.85. The number of fused-ring (bicyclic) bond motifs is 3. The van der Waals surface area contributed by atoms with Crippen molar-refractivity contribution >= 4 is 6.03 Å². The molecule has 8 heteroatoms. The molecule has 2 bridgehead atoms. The van der Waals surface area contributed by atoms with E-state index in [1.54, 1.807) is 5.06 Å². The summed E-state index contributed by atoms with van der Waals surface area (Å²) in [5.74, 6) is 1.05. The van der Waals surface area contributed by atoms with Crippen LogP contribution in [-0.2, 0) is 11.4 Å². The standard InChI is InChI=1S/C20H25N5O3/c1-13(10-21)17-22-23-18(28-17)15-9-20(7-8-20)16-11-24(15)19(26)25(16)27-12-14-5-3-2-4-6-14/h2-6,13,15-16H,7-12,21H2,1H3/t13-,15+,16+/m1/s1. The van der Waals surface area contributed by atoms with E-state index in [2.05, 4.69) is 10.2 Å². The quantitative estimate of drug-likeness (QED) is 0.823. The molecule has 2 aromatic rings. The summed E-state index contributed by atoms with van der Waals surface area (Å²) >= 11 is 0. The Balaban J connectivity index is 1.37. The highest BCUT2D eigenvalue weighted by Gasteiger charge is 2.64. The number of piperidine rings is 1. The maximum absolute atomic E-state index is 13.1. The number of nitrogens with two attached hydrogens (primary N) is 1. The lowest BCUT2D eigenvalue weighted by Crippen LogP contribution is -2.42. The highest BCUT2D eigenvalue weighted by atomic mass is 16.7. The highest BCUT2D eigenvalue weighted by molar-refractivity contribution is 5.77. The molecule has 1 saturated carbocycles. The molecular weight excluding hydrogens is 358 g/mol. The molecule has 2 amide bonds. The number of hydrogen-bond acceptors (Lipinski definition) is 6. The summed E-state index contributed by atoms with van der Waals surface area (Å²) in [4.78, 5) is 20.9. The molecule has 3 heterocycles. The molecule has 5 rings (SSSR count). The third-order valence-corrected chi connectivity index (χ3v) is 6.39. The fourth-order valence-corrected chi connectivity index (χ4v) is 4.40. The van der Waals surface area contributed by atoms with Crippen molar-refractivity contribution in [2.45, 2.75) is 50.8 Å². The molecule has 0 unspecified atom stereocenters. The number of aromatic nitrogens is 2. The zero-order valence-electron chi connectivity index (χ0n) is 16.0. The van der Waals surface area contributed by atoms with Gasteiger partial charge in [-0.25, -0.2) is 4.79 Å². The first-order valence-electron chi connectivity index (χ1n) is 9.91. The van der Waals surface area contributed by atoms with Crippen molar-refractivity contribution in [3.63, 3.8) is 0 Å². The van der Waals surface area contributed by atoms with Crippen LogP contribution in [-0.4, -0.2) is 45.3 Å². The first-order chi connectivity index (χ1) is 13.6. The number of hydroxylamine groups is 2. The number of benzene rings is 1. The second kappa shape index (κ2) is 6.56. The lowest BCUT2D eigenvalue weighted by Gasteiger charge is -2.35. The molecule has 1 aromatic heterocycles. The summed E-state index contributed by atoms with van der Waals surface area (Å²) in [6.07, 6.45) is 3.04. The minimum atomic E-state index is -0.192. The number of carbonyl (C=O) groups is 1. The van der Waals surface area contributed by atoms with Gasteiger partial charge in [0.1, 0.15) is 12.6 Å². The van der Waals surface area contributed by atoms with Crippen molar-refractivity contribution < 1.29 is 14.0 Å². The van der Waals surface area contributed by atoms with E-state index in [4.69, 9.17) is 15.0 Å². The SMILES string of the molecule is C[C@H](CN)c1nnc([C@@H]2CC3(CC3)[C@@H]3CN2C(=O)N3OCc2ccccc2)o1. The number of carbonyl (C=O) groups excluding carboxylic acids is 1. The molecule has 2 saturated heterocycles. The molecule has 1 aromatic carbocycles. The summed E-state index contributed by atoms with van der Waals surface area (Å²) in [5, 5.41) is 10.00. The van der Waals surface area contributed by atoms with Gasteiger partial charge in [-0.15, -0.1) is 10.2 Å². The van der Waals surface area contributed by atoms with Crippen LogP contribution in [0.4, 0.5) is 4.79 Å². The van der Waals surface area contributed by atoms with Gasteiger partial charge in [-0.1, -0.05) is 37.3 Å². The molecule has 2 N–H and O–H groups in total. The van der Waals surface area contributed by atoms with E-state index >= 15 is 0 Å². The van der Waals surface area contributed by atoms with Crippen LogP contribution in [0.2, 0.25) is 0 Å². The summed E-state index contributed by atoms with van der Waals surface area (Å²) in [7, 11) is 0. The van der Waals surface area contributed by atoms with Crippen LogP contribution >= 0.6 is 0 Å². The van der Waals surface area contributed by atoms with Gasteiger partial charge in [-0.05, 0) is 30.2 Å². The van der Waals surface area contributed by atoms with Gasteiger partial charge in [0.05, 0.1) is 6.04 Å². The lowest BCUT2D eigenvalue weighted by atomic mass is 9.85. The van der Waals surface area contributed by atoms with E-state index in [1.165, 1.54) is 0 Å². The van der Waals surface area contributed by atoms with Gasteiger partial charge >= 0.3 is 6.03 Å². The van der Waals surface area contributed by atoms with Gasteiger partial charge in [0.15, 0.2) is 0 Å². The summed E-state index contributed by atoms with van der Waals surface area (Å²) < 4.78 is 5.90. The van der Waals surface area contributed by atoms with Gasteiger partial charge < -0.3 is 15.1 Å². The maximum Gasteiger partial charge on any atom is 0.345 e. The lowest BCUT2D eigenvalue weighted by molar-refractivity contribution is -0.153. The summed E-state index contributed by atoms with van der Waals surface area (Å²) in [6.45, 7) is 3.43. The molecule has 8 nitrogen and oxygen atoms in total. The number of nitrogens with zero attached hydrogens (tertiary/aromatic N) is 4. The highest BCUT2D eigenvalue weighted by Crippen LogP contribution is 2.61. The molecule has 2 aliphatic heterocycles. The van der Waals surface area contributed by atoms with Gasteiger partial charge in [0.25, 0.3) is 0 Å². The molecule has 3 aliphatic rings. The van der Waals surface area contributed by atoms with Crippen molar-refractivity contribution in [1.29, 1.82) is 0 Å². The van der Waals surface area contributed by atoms with Crippen LogP contribution in [0.3, 0.4) is 0 Å². The average molecular weight is 383 g/mol. The van der Waals surface area contributed by atoms with E-state index in [0.29, 0.717) is 31.5 Å². The Hall–Kier alpha value is -2.45. The maximum atomic E-state index is 13.1. The number of amides is 2. The minimum absolute atomic E-state index is 0.00691. The van der Waals surface area contributed by atoms with E-state index in [0.717, 1.165) is 24.8 Å². The predicted molar refractivity (Wildman–Crippen MR) is 99.8 cm³/mol. The van der Waals surface area contributed by atoms with Gasteiger partial charge in [-0.2, -0.15) is 5.06 Å². The third-order valence-electron chi connectivity index (χ3n) is 6.39. The van der Waals surface area contributed by atoms with Crippen LogP contribution in [0, 0.1) is 5.41 Å². The van der Waals surface area contributed by atoms with Crippen molar-refractivity contribution in [2.75, 3.05) is 13.1 Å². The Kier molecular flexibility index (Phi) is 4.13. The molecule has 3 atom stereocenters. The molecular formula is C20H25N5O3. The smallest absolute Gasteiger partial charge is 0.345 e. The van der Waals surface area contributed by atoms with Crippen molar-refractivity contribution in [3.05, 3.63) is 47.7 Å². The number of urea groups is 1. The van der Waals surface area contributed by atoms with E-state index < -0.39 is 0 Å². The molecule has 1 spiro atoms. The normalized spacial score (nSPS) is 26.1. The van der Waals surface area contributed by atoms with Crippen LogP contribution < -0.4 is 5.73 Å². The van der Waals surface area contributed by atoms with Gasteiger partial charge in [0, 0.05) is 19.0 Å². The fraction of sp³-hybridized carbons (Fsp3) is 0.550. The first-order valence-corrected chi connectivity index (χ1v) is 9.91. The van der Waals surface area contributed by atoms with Crippen molar-refractivity contribution in [3.8, 4) is 0 Å². The molecule has 3 fully saturated rings. The zero-order valence-corrected chi connectivity index (χ0v) is 16.0. The van der Waals surface area contributed by atoms with Crippen molar-refractivity contribution in [1.82, 2.24) is 20.2 Å². The minimum Gasteiger partial charge on any atom is -0.423 e. The topological polar surface area (TPSA) is 97.7 Å². The largest absolute Gasteiger partial charge is 0.423 e. The average Bonchev–Trinajstić information content (AvgIpc) is 3.20. The molecule has 0 radical (unpaired) electrons. The summed E-state index contributed by atoms with van der Waals surface area (Å²) in [6, 6.07) is 9.70. The van der Waals surface area contributed by atoms with E-state index in [9.17, 15) is 4.79 Å². The van der Waals surface area contributed by atoms with E-state index in [1.807, 2.05) is 42.2 Å². The Morgan fingerprint density at radius 1 is 1.32 bits per heavy atom. The second-order valence-corrected chi connectivity index (χ2v) is 8.23.